The fourth-order valence-electron chi connectivity index (χ4n) is 3.18. The van der Waals surface area contributed by atoms with Crippen molar-refractivity contribution in [3.63, 3.8) is 0 Å². The zero-order valence-corrected chi connectivity index (χ0v) is 19.7. The number of nitrogens with one attached hydrogen (secondary N) is 1. The monoisotopic (exact) mass is 494 g/mol. The van der Waals surface area contributed by atoms with E-state index in [0.717, 1.165) is 25.9 Å². The molecule has 2 aromatic rings. The van der Waals surface area contributed by atoms with Gasteiger partial charge in [-0.2, -0.15) is 0 Å². The van der Waals surface area contributed by atoms with Gasteiger partial charge in [0, 0.05) is 37.1 Å². The Balaban J connectivity index is 1.71. The van der Waals surface area contributed by atoms with Gasteiger partial charge >= 0.3 is 0 Å². The van der Waals surface area contributed by atoms with Gasteiger partial charge in [-0.15, -0.1) is 0 Å². The minimum absolute atomic E-state index is 0.0712. The first kappa shape index (κ1) is 23.0. The second-order valence-electron chi connectivity index (χ2n) is 7.16. The van der Waals surface area contributed by atoms with Gasteiger partial charge in [0.05, 0.1) is 21.0 Å². The molecule has 1 saturated heterocycles. The summed E-state index contributed by atoms with van der Waals surface area (Å²) in [5, 5.41) is 1.75. The molecule has 1 N–H and O–H groups in total. The van der Waals surface area contributed by atoms with Crippen molar-refractivity contribution in [1.29, 1.82) is 0 Å². The Kier molecular flexibility index (Phi) is 8.42. The Bertz CT molecular complexity index is 831. The molecule has 1 aliphatic rings. The SMILES string of the molecule is CC1CCN(C(=O)C(CCn2ccnc2Cl)NSc2c(Cl)cc(Cl)cc2Cl)CC1. The largest absolute Gasteiger partial charge is 0.341 e. The number of imidazole rings is 1. The number of carbonyl (C=O) groups is 1. The summed E-state index contributed by atoms with van der Waals surface area (Å²) in [6.07, 6.45) is 6.03. The quantitative estimate of drug-likeness (QED) is 0.492. The third-order valence-corrected chi connectivity index (χ3v) is 7.38. The Morgan fingerprint density at radius 2 is 1.90 bits per heavy atom. The molecule has 10 heteroatoms. The van der Waals surface area contributed by atoms with Crippen molar-refractivity contribution in [3.05, 3.63) is 44.9 Å². The van der Waals surface area contributed by atoms with E-state index in [1.165, 1.54) is 11.9 Å². The van der Waals surface area contributed by atoms with Gasteiger partial charge in [0.25, 0.3) is 0 Å². The van der Waals surface area contributed by atoms with Crippen LogP contribution in [0.5, 0.6) is 0 Å². The van der Waals surface area contributed by atoms with Gasteiger partial charge in [-0.05, 0) is 60.9 Å². The molecule has 0 saturated carbocycles. The molecule has 158 valence electrons. The fourth-order valence-corrected chi connectivity index (χ4v) is 5.22. The lowest BCUT2D eigenvalue weighted by Gasteiger charge is -2.33. The summed E-state index contributed by atoms with van der Waals surface area (Å²) in [6, 6.07) is 2.84. The first-order valence-electron chi connectivity index (χ1n) is 9.37. The highest BCUT2D eigenvalue weighted by Gasteiger charge is 2.28. The number of benzene rings is 1. The highest BCUT2D eigenvalue weighted by molar-refractivity contribution is 7.97. The number of halogens is 4. The summed E-state index contributed by atoms with van der Waals surface area (Å²) >= 11 is 25.9. The van der Waals surface area contributed by atoms with Crippen LogP contribution in [0.4, 0.5) is 0 Å². The van der Waals surface area contributed by atoms with E-state index < -0.39 is 6.04 Å². The minimum atomic E-state index is -0.422. The van der Waals surface area contributed by atoms with Crippen LogP contribution in [-0.2, 0) is 11.3 Å². The molecular weight excluding hydrogens is 474 g/mol. The Morgan fingerprint density at radius 3 is 2.48 bits per heavy atom. The molecule has 1 amide bonds. The molecule has 0 spiro atoms. The molecule has 1 aliphatic heterocycles. The smallest absolute Gasteiger partial charge is 0.240 e. The van der Waals surface area contributed by atoms with Crippen molar-refractivity contribution in [3.8, 4) is 0 Å². The third-order valence-electron chi connectivity index (χ3n) is 4.98. The Labute approximate surface area is 195 Å². The molecule has 2 heterocycles. The molecule has 0 radical (unpaired) electrons. The van der Waals surface area contributed by atoms with Gasteiger partial charge in [0.15, 0.2) is 0 Å². The van der Waals surface area contributed by atoms with Crippen LogP contribution in [0.25, 0.3) is 0 Å². The average Bonchev–Trinajstić information content (AvgIpc) is 3.08. The fraction of sp³-hybridized carbons (Fsp3) is 0.474. The topological polar surface area (TPSA) is 50.2 Å². The molecule has 0 aliphatic carbocycles. The third kappa shape index (κ3) is 6.18. The van der Waals surface area contributed by atoms with Gasteiger partial charge in [0.2, 0.25) is 11.2 Å². The molecular formula is C19H22Cl4N4OS. The number of amides is 1. The highest BCUT2D eigenvalue weighted by Crippen LogP contribution is 2.35. The normalized spacial score (nSPS) is 16.2. The first-order valence-corrected chi connectivity index (χ1v) is 11.7. The predicted octanol–water partition coefficient (Wildman–Crippen LogP) is 5.81. The van der Waals surface area contributed by atoms with Crippen LogP contribution in [0.15, 0.2) is 29.4 Å². The zero-order chi connectivity index (χ0) is 21.0. The van der Waals surface area contributed by atoms with Gasteiger partial charge in [-0.3, -0.25) is 4.79 Å². The molecule has 3 rings (SSSR count). The second-order valence-corrected chi connectivity index (χ2v) is 9.59. The summed E-state index contributed by atoms with van der Waals surface area (Å²) in [5.74, 6) is 0.720. The van der Waals surface area contributed by atoms with Crippen LogP contribution in [0, 0.1) is 5.92 Å². The van der Waals surface area contributed by atoms with Crippen molar-refractivity contribution in [2.45, 2.75) is 43.7 Å². The molecule has 1 fully saturated rings. The zero-order valence-electron chi connectivity index (χ0n) is 15.9. The van der Waals surface area contributed by atoms with Gasteiger partial charge in [0.1, 0.15) is 0 Å². The lowest BCUT2D eigenvalue weighted by atomic mass is 9.98. The lowest BCUT2D eigenvalue weighted by Crippen LogP contribution is -2.47. The van der Waals surface area contributed by atoms with E-state index >= 15 is 0 Å². The first-order chi connectivity index (χ1) is 13.8. The molecule has 1 aromatic carbocycles. The summed E-state index contributed by atoms with van der Waals surface area (Å²) in [7, 11) is 0. The molecule has 29 heavy (non-hydrogen) atoms. The summed E-state index contributed by atoms with van der Waals surface area (Å²) in [4.78, 5) is 19.8. The number of aryl methyl sites for hydroxylation is 1. The van der Waals surface area contributed by atoms with Gasteiger partial charge in [-0.25, -0.2) is 9.71 Å². The van der Waals surface area contributed by atoms with Gasteiger partial charge in [-0.1, -0.05) is 41.7 Å². The van der Waals surface area contributed by atoms with E-state index in [9.17, 15) is 4.79 Å². The van der Waals surface area contributed by atoms with Crippen molar-refractivity contribution in [1.82, 2.24) is 19.2 Å². The van der Waals surface area contributed by atoms with Crippen LogP contribution < -0.4 is 4.72 Å². The number of hydrogen-bond acceptors (Lipinski definition) is 4. The predicted molar refractivity (Wildman–Crippen MR) is 121 cm³/mol. The van der Waals surface area contributed by atoms with E-state index in [-0.39, 0.29) is 5.91 Å². The molecule has 1 unspecified atom stereocenters. The molecule has 0 bridgehead atoms. The van der Waals surface area contributed by atoms with E-state index in [1.54, 1.807) is 24.5 Å². The van der Waals surface area contributed by atoms with Crippen LogP contribution in [0.2, 0.25) is 20.4 Å². The second kappa shape index (κ2) is 10.6. The number of rotatable bonds is 7. The van der Waals surface area contributed by atoms with Crippen LogP contribution in [0.1, 0.15) is 26.2 Å². The highest BCUT2D eigenvalue weighted by atomic mass is 35.5. The number of piperidine rings is 1. The van der Waals surface area contributed by atoms with E-state index in [1.807, 2.05) is 9.47 Å². The van der Waals surface area contributed by atoms with E-state index in [2.05, 4.69) is 16.6 Å². The average molecular weight is 496 g/mol. The standard InChI is InChI=1S/C19H22Cl4N4OS/c1-12-2-6-26(7-3-12)18(28)16(4-8-27-9-5-24-19(27)23)25-29-17-14(21)10-13(20)11-15(17)22/h5,9-12,16,25H,2-4,6-8H2,1H3. The number of nitrogens with zero attached hydrogens (tertiary/aromatic N) is 3. The number of carbonyl (C=O) groups excluding carboxylic acids is 1. The minimum Gasteiger partial charge on any atom is -0.341 e. The Hall–Kier alpha value is -0.630. The number of aromatic nitrogens is 2. The molecule has 1 atom stereocenters. The lowest BCUT2D eigenvalue weighted by molar-refractivity contribution is -0.134. The number of hydrogen-bond donors (Lipinski definition) is 1. The maximum absolute atomic E-state index is 13.2. The van der Waals surface area contributed by atoms with Crippen molar-refractivity contribution in [2.24, 2.45) is 5.92 Å². The summed E-state index contributed by atoms with van der Waals surface area (Å²) in [5.41, 5.74) is 0. The summed E-state index contributed by atoms with van der Waals surface area (Å²) in [6.45, 7) is 4.34. The maximum atomic E-state index is 13.2. The van der Waals surface area contributed by atoms with E-state index in [4.69, 9.17) is 46.4 Å². The number of likely N-dealkylation sites (tertiary alicyclic amines) is 1. The maximum Gasteiger partial charge on any atom is 0.240 e. The van der Waals surface area contributed by atoms with Crippen molar-refractivity contribution < 1.29 is 4.79 Å². The Morgan fingerprint density at radius 1 is 1.24 bits per heavy atom. The van der Waals surface area contributed by atoms with Crippen molar-refractivity contribution >= 4 is 64.3 Å². The summed E-state index contributed by atoms with van der Waals surface area (Å²) < 4.78 is 5.08. The van der Waals surface area contributed by atoms with Crippen LogP contribution in [-0.4, -0.2) is 39.5 Å². The molecule has 1 aromatic heterocycles. The molecule has 5 nitrogen and oxygen atoms in total. The van der Waals surface area contributed by atoms with Gasteiger partial charge < -0.3 is 9.47 Å². The van der Waals surface area contributed by atoms with Crippen LogP contribution in [0.3, 0.4) is 0 Å². The van der Waals surface area contributed by atoms with E-state index in [0.29, 0.717) is 44.1 Å². The van der Waals surface area contributed by atoms with Crippen molar-refractivity contribution in [2.75, 3.05) is 13.1 Å². The van der Waals surface area contributed by atoms with Crippen LogP contribution >= 0.6 is 58.4 Å².